The number of pyridine rings is 1. The minimum Gasteiger partial charge on any atom is -0.379 e. The van der Waals surface area contributed by atoms with E-state index in [4.69, 9.17) is 16.9 Å². The number of hydrogen-bond acceptors (Lipinski definition) is 4. The third kappa shape index (κ3) is 2.96. The summed E-state index contributed by atoms with van der Waals surface area (Å²) in [6.45, 7) is 2.67. The molecule has 0 aliphatic rings. The summed E-state index contributed by atoms with van der Waals surface area (Å²) in [5.41, 5.74) is 2.72. The molecule has 0 fully saturated rings. The highest BCUT2D eigenvalue weighted by Gasteiger charge is 2.02. The molecular formula is C12H10ClN3S. The first kappa shape index (κ1) is 11.9. The molecular weight excluding hydrogens is 254 g/mol. The summed E-state index contributed by atoms with van der Waals surface area (Å²) in [6.07, 6.45) is 1.72. The van der Waals surface area contributed by atoms with Crippen molar-refractivity contribution in [1.82, 2.24) is 4.98 Å². The first-order valence-electron chi connectivity index (χ1n) is 5.02. The quantitative estimate of drug-likeness (QED) is 0.861. The predicted molar refractivity (Wildman–Crippen MR) is 70.3 cm³/mol. The zero-order valence-electron chi connectivity index (χ0n) is 9.20. The van der Waals surface area contributed by atoms with Gasteiger partial charge in [0.2, 0.25) is 0 Å². The zero-order valence-corrected chi connectivity index (χ0v) is 10.8. The highest BCUT2D eigenvalue weighted by Crippen LogP contribution is 2.19. The van der Waals surface area contributed by atoms with Crippen LogP contribution in [0.2, 0.25) is 5.15 Å². The SMILES string of the molecule is Cc1cc(Cl)ncc1NCc1cc(C#N)cs1. The van der Waals surface area contributed by atoms with Crippen molar-refractivity contribution < 1.29 is 0 Å². The fourth-order valence-corrected chi connectivity index (χ4v) is 2.38. The number of halogens is 1. The zero-order chi connectivity index (χ0) is 12.3. The number of thiophene rings is 1. The molecule has 0 aromatic carbocycles. The van der Waals surface area contributed by atoms with Crippen molar-refractivity contribution in [3.63, 3.8) is 0 Å². The Morgan fingerprint density at radius 2 is 2.35 bits per heavy atom. The lowest BCUT2D eigenvalue weighted by atomic mass is 10.2. The molecule has 0 aliphatic carbocycles. The van der Waals surface area contributed by atoms with Crippen LogP contribution in [-0.4, -0.2) is 4.98 Å². The highest BCUT2D eigenvalue weighted by molar-refractivity contribution is 7.10. The summed E-state index contributed by atoms with van der Waals surface area (Å²) >= 11 is 7.35. The van der Waals surface area contributed by atoms with Crippen molar-refractivity contribution in [2.75, 3.05) is 5.32 Å². The molecule has 0 saturated carbocycles. The Labute approximate surface area is 109 Å². The van der Waals surface area contributed by atoms with Crippen LogP contribution in [0.3, 0.4) is 0 Å². The molecule has 0 radical (unpaired) electrons. The number of rotatable bonds is 3. The van der Waals surface area contributed by atoms with Crippen LogP contribution < -0.4 is 5.32 Å². The number of anilines is 1. The molecule has 2 heterocycles. The van der Waals surface area contributed by atoms with Gasteiger partial charge in [0.25, 0.3) is 0 Å². The largest absolute Gasteiger partial charge is 0.379 e. The van der Waals surface area contributed by atoms with Crippen LogP contribution in [0.25, 0.3) is 0 Å². The average Bonchev–Trinajstić information content (AvgIpc) is 2.76. The van der Waals surface area contributed by atoms with E-state index in [1.807, 2.05) is 24.4 Å². The molecule has 0 amide bonds. The number of aromatic nitrogens is 1. The summed E-state index contributed by atoms with van der Waals surface area (Å²) in [5, 5.41) is 14.3. The van der Waals surface area contributed by atoms with Gasteiger partial charge < -0.3 is 5.32 Å². The molecule has 0 saturated heterocycles. The van der Waals surface area contributed by atoms with E-state index < -0.39 is 0 Å². The summed E-state index contributed by atoms with van der Waals surface area (Å²) in [4.78, 5) is 5.15. The van der Waals surface area contributed by atoms with Gasteiger partial charge in [-0.3, -0.25) is 0 Å². The average molecular weight is 264 g/mol. The second-order valence-corrected chi connectivity index (χ2v) is 4.97. The number of hydrogen-bond donors (Lipinski definition) is 1. The molecule has 2 aromatic rings. The smallest absolute Gasteiger partial charge is 0.129 e. The van der Waals surface area contributed by atoms with Gasteiger partial charge in [0.1, 0.15) is 11.2 Å². The van der Waals surface area contributed by atoms with Gasteiger partial charge in [0.05, 0.1) is 17.4 Å². The van der Waals surface area contributed by atoms with E-state index in [9.17, 15) is 0 Å². The maximum Gasteiger partial charge on any atom is 0.129 e. The molecule has 5 heteroatoms. The van der Waals surface area contributed by atoms with Gasteiger partial charge in [0, 0.05) is 16.8 Å². The second kappa shape index (κ2) is 5.17. The van der Waals surface area contributed by atoms with Gasteiger partial charge in [-0.1, -0.05) is 11.6 Å². The molecule has 1 N–H and O–H groups in total. The maximum atomic E-state index is 8.72. The molecule has 86 valence electrons. The number of aryl methyl sites for hydroxylation is 1. The highest BCUT2D eigenvalue weighted by atomic mass is 35.5. The van der Waals surface area contributed by atoms with Crippen molar-refractivity contribution >= 4 is 28.6 Å². The Hall–Kier alpha value is -1.57. The van der Waals surface area contributed by atoms with Crippen molar-refractivity contribution in [2.45, 2.75) is 13.5 Å². The summed E-state index contributed by atoms with van der Waals surface area (Å²) < 4.78 is 0. The second-order valence-electron chi connectivity index (χ2n) is 3.59. The summed E-state index contributed by atoms with van der Waals surface area (Å²) in [5.74, 6) is 0. The van der Waals surface area contributed by atoms with Crippen LogP contribution in [0.4, 0.5) is 5.69 Å². The van der Waals surface area contributed by atoms with Crippen molar-refractivity contribution in [2.24, 2.45) is 0 Å². The van der Waals surface area contributed by atoms with Gasteiger partial charge in [0.15, 0.2) is 0 Å². The first-order chi connectivity index (χ1) is 8.19. The molecule has 0 bridgehead atoms. The van der Waals surface area contributed by atoms with E-state index in [2.05, 4.69) is 16.4 Å². The molecule has 2 rings (SSSR count). The Morgan fingerprint density at radius 3 is 3.00 bits per heavy atom. The normalized spacial score (nSPS) is 9.94. The van der Waals surface area contributed by atoms with Crippen LogP contribution in [0.1, 0.15) is 16.0 Å². The van der Waals surface area contributed by atoms with Crippen molar-refractivity contribution in [3.8, 4) is 6.07 Å². The van der Waals surface area contributed by atoms with E-state index in [1.54, 1.807) is 17.5 Å². The third-order valence-electron chi connectivity index (χ3n) is 2.31. The van der Waals surface area contributed by atoms with Crippen LogP contribution in [0.5, 0.6) is 0 Å². The molecule has 0 aliphatic heterocycles. The Morgan fingerprint density at radius 1 is 1.53 bits per heavy atom. The fraction of sp³-hybridized carbons (Fsp3) is 0.167. The third-order valence-corrected chi connectivity index (χ3v) is 3.46. The minimum atomic E-state index is 0.496. The van der Waals surface area contributed by atoms with E-state index in [0.717, 1.165) is 16.1 Å². The van der Waals surface area contributed by atoms with Crippen molar-refractivity contribution in [1.29, 1.82) is 5.26 Å². The van der Waals surface area contributed by atoms with Crippen LogP contribution in [-0.2, 0) is 6.54 Å². The lowest BCUT2D eigenvalue weighted by Crippen LogP contribution is -2.00. The van der Waals surface area contributed by atoms with Gasteiger partial charge >= 0.3 is 0 Å². The van der Waals surface area contributed by atoms with Gasteiger partial charge in [-0.05, 0) is 24.6 Å². The topological polar surface area (TPSA) is 48.7 Å². The Balaban J connectivity index is 2.05. The van der Waals surface area contributed by atoms with E-state index in [-0.39, 0.29) is 0 Å². The molecule has 0 unspecified atom stereocenters. The van der Waals surface area contributed by atoms with Crippen LogP contribution in [0, 0.1) is 18.3 Å². The standard InChI is InChI=1S/C12H10ClN3S/c1-8-2-12(13)16-6-11(8)15-5-10-3-9(4-14)7-17-10/h2-3,6-7,15H,5H2,1H3. The predicted octanol–water partition coefficient (Wildman–Crippen LogP) is 3.59. The van der Waals surface area contributed by atoms with Gasteiger partial charge in [-0.25, -0.2) is 4.98 Å². The van der Waals surface area contributed by atoms with E-state index >= 15 is 0 Å². The lowest BCUT2D eigenvalue weighted by Gasteiger charge is -2.07. The molecule has 17 heavy (non-hydrogen) atoms. The fourth-order valence-electron chi connectivity index (χ4n) is 1.42. The van der Waals surface area contributed by atoms with Crippen molar-refractivity contribution in [3.05, 3.63) is 44.9 Å². The number of nitriles is 1. The van der Waals surface area contributed by atoms with E-state index in [0.29, 0.717) is 17.3 Å². The van der Waals surface area contributed by atoms with Crippen LogP contribution >= 0.6 is 22.9 Å². The monoisotopic (exact) mass is 263 g/mol. The Kier molecular flexibility index (Phi) is 3.62. The number of nitrogens with one attached hydrogen (secondary N) is 1. The Bertz CT molecular complexity index is 571. The van der Waals surface area contributed by atoms with Gasteiger partial charge in [-0.15, -0.1) is 11.3 Å². The molecule has 2 aromatic heterocycles. The summed E-state index contributed by atoms with van der Waals surface area (Å²) in [7, 11) is 0. The molecule has 0 spiro atoms. The van der Waals surface area contributed by atoms with Gasteiger partial charge in [-0.2, -0.15) is 5.26 Å². The molecule has 0 atom stereocenters. The van der Waals surface area contributed by atoms with Crippen LogP contribution in [0.15, 0.2) is 23.7 Å². The summed E-state index contributed by atoms with van der Waals surface area (Å²) in [6, 6.07) is 5.82. The number of nitrogens with zero attached hydrogens (tertiary/aromatic N) is 2. The lowest BCUT2D eigenvalue weighted by molar-refractivity contribution is 1.15. The molecule has 3 nitrogen and oxygen atoms in total. The minimum absolute atomic E-state index is 0.496. The maximum absolute atomic E-state index is 8.72. The first-order valence-corrected chi connectivity index (χ1v) is 6.28. The van der Waals surface area contributed by atoms with E-state index in [1.165, 1.54) is 0 Å².